The molecule has 1 aliphatic heterocycles. The molecule has 0 atom stereocenters. The zero-order valence-corrected chi connectivity index (χ0v) is 29.8. The van der Waals surface area contributed by atoms with Crippen LogP contribution >= 0.6 is 0 Å². The molecular weight excluding hydrogens is 669 g/mol. The Morgan fingerprint density at radius 3 is 1.69 bits per heavy atom. The SMILES string of the molecule is c1ccc(-c2ccc3c(c2)c2ccccc2n3-c2ccc(-c3ccc4c(c3)Oc3cccc5c3c-4cc3c5c4ccccc4n3-c3ccccc3)cc2)cc1. The maximum absolute atomic E-state index is 6.77. The van der Waals surface area contributed by atoms with Gasteiger partial charge in [-0.3, -0.25) is 0 Å². The molecule has 55 heavy (non-hydrogen) atoms. The molecular formula is C52H32N2O. The zero-order valence-electron chi connectivity index (χ0n) is 29.8. The number of nitrogens with zero attached hydrogens (tertiary/aromatic N) is 2. The van der Waals surface area contributed by atoms with Crippen LogP contribution in [0.4, 0.5) is 0 Å². The second-order valence-electron chi connectivity index (χ2n) is 14.5. The Bertz CT molecular complexity index is 3320. The fourth-order valence-corrected chi connectivity index (χ4v) is 9.05. The second kappa shape index (κ2) is 11.6. The summed E-state index contributed by atoms with van der Waals surface area (Å²) in [5.74, 6) is 1.77. The molecule has 0 saturated heterocycles. The fraction of sp³-hybridized carbons (Fsp3) is 0. The van der Waals surface area contributed by atoms with Crippen LogP contribution in [0.25, 0.3) is 99.1 Å². The van der Waals surface area contributed by atoms with Crippen LogP contribution in [-0.2, 0) is 0 Å². The van der Waals surface area contributed by atoms with Gasteiger partial charge in [-0.25, -0.2) is 0 Å². The Morgan fingerprint density at radius 2 is 0.873 bits per heavy atom. The Kier molecular flexibility index (Phi) is 6.34. The van der Waals surface area contributed by atoms with Crippen molar-refractivity contribution in [3.05, 3.63) is 194 Å². The molecule has 0 saturated carbocycles. The van der Waals surface area contributed by atoms with E-state index in [1.807, 2.05) is 0 Å². The molecule has 0 unspecified atom stereocenters. The van der Waals surface area contributed by atoms with Crippen molar-refractivity contribution in [2.24, 2.45) is 0 Å². The average molecular weight is 701 g/mol. The van der Waals surface area contributed by atoms with Gasteiger partial charge in [-0.1, -0.05) is 121 Å². The molecule has 0 radical (unpaired) electrons. The van der Waals surface area contributed by atoms with Crippen LogP contribution in [0.1, 0.15) is 0 Å². The highest BCUT2D eigenvalue weighted by atomic mass is 16.5. The first-order valence-corrected chi connectivity index (χ1v) is 18.8. The van der Waals surface area contributed by atoms with E-state index in [0.717, 1.165) is 45.0 Å². The van der Waals surface area contributed by atoms with Crippen LogP contribution in [0.15, 0.2) is 194 Å². The molecule has 12 rings (SSSR count). The molecule has 0 spiro atoms. The molecule has 0 bridgehead atoms. The van der Waals surface area contributed by atoms with Gasteiger partial charge in [0.05, 0.1) is 22.1 Å². The maximum atomic E-state index is 6.77. The van der Waals surface area contributed by atoms with E-state index in [9.17, 15) is 0 Å². The van der Waals surface area contributed by atoms with Crippen molar-refractivity contribution in [3.63, 3.8) is 0 Å². The lowest BCUT2D eigenvalue weighted by Gasteiger charge is -2.23. The number of ether oxygens (including phenoxy) is 1. The van der Waals surface area contributed by atoms with Crippen LogP contribution in [-0.4, -0.2) is 9.13 Å². The quantitative estimate of drug-likeness (QED) is 0.179. The molecule has 0 N–H and O–H groups in total. The van der Waals surface area contributed by atoms with E-state index < -0.39 is 0 Å². The van der Waals surface area contributed by atoms with Crippen LogP contribution in [0.3, 0.4) is 0 Å². The van der Waals surface area contributed by atoms with Gasteiger partial charge in [-0.2, -0.15) is 0 Å². The van der Waals surface area contributed by atoms with Crippen molar-refractivity contribution in [2.45, 2.75) is 0 Å². The van der Waals surface area contributed by atoms with Crippen molar-refractivity contribution in [2.75, 3.05) is 0 Å². The minimum absolute atomic E-state index is 0.875. The molecule has 0 amide bonds. The van der Waals surface area contributed by atoms with Gasteiger partial charge in [-0.05, 0) is 106 Å². The molecule has 11 aromatic rings. The van der Waals surface area contributed by atoms with Crippen molar-refractivity contribution < 1.29 is 4.74 Å². The third-order valence-corrected chi connectivity index (χ3v) is 11.5. The molecule has 256 valence electrons. The van der Waals surface area contributed by atoms with Crippen LogP contribution < -0.4 is 4.74 Å². The Hall–Kier alpha value is -7.36. The third-order valence-electron chi connectivity index (χ3n) is 11.5. The summed E-state index contributed by atoms with van der Waals surface area (Å²) in [4.78, 5) is 0. The van der Waals surface area contributed by atoms with Gasteiger partial charge in [0, 0.05) is 43.9 Å². The first-order chi connectivity index (χ1) is 27.3. The summed E-state index contributed by atoms with van der Waals surface area (Å²) in [5.41, 5.74) is 14.1. The van der Waals surface area contributed by atoms with E-state index >= 15 is 0 Å². The number of hydrogen-bond acceptors (Lipinski definition) is 1. The molecule has 0 fully saturated rings. The van der Waals surface area contributed by atoms with E-state index in [0.29, 0.717) is 0 Å². The van der Waals surface area contributed by atoms with E-state index in [4.69, 9.17) is 4.74 Å². The summed E-state index contributed by atoms with van der Waals surface area (Å²) in [7, 11) is 0. The summed E-state index contributed by atoms with van der Waals surface area (Å²) >= 11 is 0. The monoisotopic (exact) mass is 700 g/mol. The number of fused-ring (bicyclic) bond motifs is 9. The van der Waals surface area contributed by atoms with Gasteiger partial charge in [0.25, 0.3) is 0 Å². The van der Waals surface area contributed by atoms with Crippen LogP contribution in [0.5, 0.6) is 11.5 Å². The van der Waals surface area contributed by atoms with Crippen molar-refractivity contribution >= 4 is 54.4 Å². The smallest absolute Gasteiger partial charge is 0.135 e. The lowest BCUT2D eigenvalue weighted by atomic mass is 9.91. The molecule has 3 heterocycles. The molecule has 2 aromatic heterocycles. The van der Waals surface area contributed by atoms with Gasteiger partial charge in [0.2, 0.25) is 0 Å². The summed E-state index contributed by atoms with van der Waals surface area (Å²) < 4.78 is 11.6. The number of para-hydroxylation sites is 3. The molecule has 9 aromatic carbocycles. The summed E-state index contributed by atoms with van der Waals surface area (Å²) in [5, 5.41) is 7.38. The van der Waals surface area contributed by atoms with E-state index in [1.54, 1.807) is 0 Å². The highest BCUT2D eigenvalue weighted by Crippen LogP contribution is 2.51. The molecule has 3 heteroatoms. The molecule has 1 aliphatic rings. The lowest BCUT2D eigenvalue weighted by molar-refractivity contribution is 0.487. The van der Waals surface area contributed by atoms with Gasteiger partial charge in [-0.15, -0.1) is 0 Å². The number of benzene rings is 9. The molecule has 0 aliphatic carbocycles. The maximum Gasteiger partial charge on any atom is 0.135 e. The Labute approximate surface area is 317 Å². The van der Waals surface area contributed by atoms with Gasteiger partial charge in [0.15, 0.2) is 0 Å². The number of hydrogen-bond donors (Lipinski definition) is 0. The van der Waals surface area contributed by atoms with Gasteiger partial charge in [0.1, 0.15) is 11.5 Å². The first-order valence-electron chi connectivity index (χ1n) is 18.8. The first kappa shape index (κ1) is 30.1. The Morgan fingerprint density at radius 1 is 0.291 bits per heavy atom. The summed E-state index contributed by atoms with van der Waals surface area (Å²) in [6.45, 7) is 0. The van der Waals surface area contributed by atoms with E-state index in [2.05, 4.69) is 203 Å². The van der Waals surface area contributed by atoms with Crippen molar-refractivity contribution in [1.82, 2.24) is 9.13 Å². The topological polar surface area (TPSA) is 19.1 Å². The van der Waals surface area contributed by atoms with Crippen molar-refractivity contribution in [3.8, 4) is 56.3 Å². The van der Waals surface area contributed by atoms with Gasteiger partial charge >= 0.3 is 0 Å². The minimum atomic E-state index is 0.875. The van der Waals surface area contributed by atoms with E-state index in [1.165, 1.54) is 65.7 Å². The Balaban J connectivity index is 0.974. The van der Waals surface area contributed by atoms with E-state index in [-0.39, 0.29) is 0 Å². The number of rotatable bonds is 4. The zero-order chi connectivity index (χ0) is 36.0. The van der Waals surface area contributed by atoms with Gasteiger partial charge < -0.3 is 13.9 Å². The molecule has 3 nitrogen and oxygen atoms in total. The minimum Gasteiger partial charge on any atom is -0.456 e. The lowest BCUT2D eigenvalue weighted by Crippen LogP contribution is -1.99. The second-order valence-corrected chi connectivity index (χ2v) is 14.5. The summed E-state index contributed by atoms with van der Waals surface area (Å²) in [6, 6.07) is 70.0. The normalized spacial score (nSPS) is 12.1. The predicted octanol–water partition coefficient (Wildman–Crippen LogP) is 14.1. The third kappa shape index (κ3) is 4.44. The summed E-state index contributed by atoms with van der Waals surface area (Å²) in [6.07, 6.45) is 0. The van der Waals surface area contributed by atoms with Crippen LogP contribution in [0, 0.1) is 0 Å². The fourth-order valence-electron chi connectivity index (χ4n) is 9.05. The van der Waals surface area contributed by atoms with Crippen molar-refractivity contribution in [1.29, 1.82) is 0 Å². The standard InChI is InChI=1S/C52H32N2O/c1-3-12-33(13-4-1)35-25-29-47-43(30-35)39-16-7-9-19-45(39)53(47)38-26-22-34(23-27-38)36-24-28-40-44-32-48-51(42-18-11-21-49(52(42)44)55-50(40)31-36)41-17-8-10-20-46(41)54(48)37-14-5-2-6-15-37/h1-32H. The van der Waals surface area contributed by atoms with Crippen LogP contribution in [0.2, 0.25) is 0 Å². The predicted molar refractivity (Wildman–Crippen MR) is 229 cm³/mol. The average Bonchev–Trinajstić information content (AvgIpc) is 3.77. The highest BCUT2D eigenvalue weighted by Gasteiger charge is 2.25. The highest BCUT2D eigenvalue weighted by molar-refractivity contribution is 6.26. The number of aromatic nitrogens is 2. The largest absolute Gasteiger partial charge is 0.456 e.